The van der Waals surface area contributed by atoms with E-state index in [1.54, 1.807) is 101 Å². The van der Waals surface area contributed by atoms with Gasteiger partial charge in [0.05, 0.1) is 44.9 Å². The number of fused-ring (bicyclic) bond motifs is 3. The summed E-state index contributed by atoms with van der Waals surface area (Å²) >= 11 is 12.0. The fourth-order valence-corrected chi connectivity index (χ4v) is 11.3. The van der Waals surface area contributed by atoms with Crippen molar-refractivity contribution in [2.24, 2.45) is 0 Å². The number of carbonyl (C=O) groups is 1. The van der Waals surface area contributed by atoms with Crippen molar-refractivity contribution in [1.29, 1.82) is 0 Å². The Morgan fingerprint density at radius 2 is 1.05 bits per heavy atom. The van der Waals surface area contributed by atoms with Crippen molar-refractivity contribution in [2.75, 3.05) is 82.5 Å². The fourth-order valence-electron chi connectivity index (χ4n) is 9.43. The molecule has 0 bridgehead atoms. The maximum absolute atomic E-state index is 15.6. The summed E-state index contributed by atoms with van der Waals surface area (Å²) in [5.41, 5.74) is 3.20. The Hall–Kier alpha value is -6.46. The smallest absolute Gasteiger partial charge is 0.459 e. The number of carbonyl (C=O) groups excluding carboxylic acids is 1. The fraction of sp³-hybridized carbons (Fsp3) is 0.569. The molecule has 36 heteroatoms. The number of imidazole rings is 3. The van der Waals surface area contributed by atoms with Gasteiger partial charge in [0, 0.05) is 42.3 Å². The number of benzene rings is 1. The number of aliphatic hydroxyl groups is 5. The predicted molar refractivity (Wildman–Crippen MR) is 310 cm³/mol. The van der Waals surface area contributed by atoms with Gasteiger partial charge in [-0.05, 0) is 76.9 Å². The van der Waals surface area contributed by atoms with Crippen LogP contribution in [0.5, 0.6) is 5.75 Å². The summed E-state index contributed by atoms with van der Waals surface area (Å²) < 4.78 is 96.0. The number of anilines is 4. The molecule has 87 heavy (non-hydrogen) atoms. The van der Waals surface area contributed by atoms with Crippen molar-refractivity contribution < 1.29 is 76.1 Å². The number of nitrogen functional groups attached to an aromatic ring is 1. The van der Waals surface area contributed by atoms with Crippen LogP contribution in [0, 0.1) is 0 Å². The summed E-state index contributed by atoms with van der Waals surface area (Å²) in [5.74, 6) is 0.904. The van der Waals surface area contributed by atoms with E-state index in [1.807, 2.05) is 0 Å². The summed E-state index contributed by atoms with van der Waals surface area (Å²) in [4.78, 5) is 55.0. The van der Waals surface area contributed by atoms with Gasteiger partial charge in [0.1, 0.15) is 46.9 Å². The molecule has 0 aliphatic carbocycles. The van der Waals surface area contributed by atoms with Crippen LogP contribution in [0.4, 0.5) is 36.6 Å². The number of nitrogens with one attached hydrogen (secondary N) is 1. The van der Waals surface area contributed by atoms with E-state index in [9.17, 15) is 43.7 Å². The van der Waals surface area contributed by atoms with Crippen LogP contribution in [0.1, 0.15) is 60.2 Å². The molecule has 10 rings (SSSR count). The van der Waals surface area contributed by atoms with E-state index in [0.717, 1.165) is 0 Å². The zero-order chi connectivity index (χ0) is 64.0. The summed E-state index contributed by atoms with van der Waals surface area (Å²) in [6, 6.07) is 7.05. The minimum atomic E-state index is -4.31. The highest BCUT2D eigenvalue weighted by Crippen LogP contribution is 2.49. The molecule has 0 radical (unpaired) electrons. The third-order valence-electron chi connectivity index (χ3n) is 14.2. The second-order valence-electron chi connectivity index (χ2n) is 22.2. The van der Waals surface area contributed by atoms with Crippen molar-refractivity contribution in [3.63, 3.8) is 0 Å². The van der Waals surface area contributed by atoms with Gasteiger partial charge < -0.3 is 69.4 Å². The van der Waals surface area contributed by atoms with E-state index in [-0.39, 0.29) is 33.6 Å². The molecule has 3 saturated heterocycles. The zero-order valence-corrected chi connectivity index (χ0v) is 51.6. The van der Waals surface area contributed by atoms with Crippen LogP contribution in [-0.2, 0) is 32.8 Å². The second-order valence-corrected chi connectivity index (χ2v) is 24.5. The molecule has 0 spiro atoms. The topological polar surface area (TPSA) is 369 Å². The number of nitrogens with zero attached hydrogens (tertiary/aromatic N) is 15. The zero-order valence-electron chi connectivity index (χ0n) is 49.2. The maximum Gasteiger partial charge on any atom is 0.459 e. The lowest BCUT2D eigenvalue weighted by Crippen LogP contribution is -2.44. The Morgan fingerprint density at radius 3 is 1.43 bits per heavy atom. The molecule has 30 nitrogen and oxygen atoms in total. The van der Waals surface area contributed by atoms with E-state index >= 15 is 4.39 Å². The number of halogens is 5. The molecule has 3 aliphatic heterocycles. The first-order valence-electron chi connectivity index (χ1n) is 26.8. The van der Waals surface area contributed by atoms with Crippen LogP contribution in [0.25, 0.3) is 33.5 Å². The maximum atomic E-state index is 15.6. The van der Waals surface area contributed by atoms with Crippen LogP contribution < -0.4 is 30.0 Å². The number of nitrogens with two attached hydrogens (primary N) is 1. The molecular formula is C51H69Cl2F3N17O13P. The SMILES string of the molecule is CC(C)OC(=O)[C@H](C)N[P@](=O)(OC[C@@]1(C)O[C@@H](n2cnc3c(N(C)C)nc(Cl)nc32)[C@H](F)[C@@H]1O)Oc1ccccc1.CN(C)c1nc(Cl)nc2c1ncn2[C@@H]1O[C@](C)(CO)[C@@H](O)[C@H]1F.CN(C)c1nc(N)nc2c1ncn2[C@@H]1O[C@](C)(CO)[C@@H](O)[C@H]1F. The highest BCUT2D eigenvalue weighted by molar-refractivity contribution is 7.52. The van der Waals surface area contributed by atoms with Crippen molar-refractivity contribution in [2.45, 2.75) is 126 Å². The van der Waals surface area contributed by atoms with Crippen LogP contribution in [-0.4, -0.2) is 218 Å². The summed E-state index contributed by atoms with van der Waals surface area (Å²) in [5, 5.41) is 52.1. The lowest BCUT2D eigenvalue weighted by atomic mass is 9.99. The Kier molecular flexibility index (Phi) is 19.8. The van der Waals surface area contributed by atoms with Gasteiger partial charge in [0.25, 0.3) is 0 Å². The first kappa shape index (κ1) is 66.5. The highest BCUT2D eigenvalue weighted by Gasteiger charge is 2.56. The Morgan fingerprint density at radius 1 is 0.667 bits per heavy atom. The molecule has 14 atom stereocenters. The first-order valence-corrected chi connectivity index (χ1v) is 29.1. The summed E-state index contributed by atoms with van der Waals surface area (Å²) in [6.45, 7) is 7.46. The number of aromatic nitrogens is 12. The summed E-state index contributed by atoms with van der Waals surface area (Å²) in [7, 11) is 6.27. The van der Waals surface area contributed by atoms with E-state index < -0.39 is 118 Å². The van der Waals surface area contributed by atoms with Crippen LogP contribution in [0.15, 0.2) is 49.3 Å². The van der Waals surface area contributed by atoms with Crippen LogP contribution in [0.3, 0.4) is 0 Å². The Balaban J connectivity index is 0.000000182. The Labute approximate surface area is 505 Å². The number of esters is 1. The number of hydrogen-bond donors (Lipinski definition) is 7. The molecule has 3 aliphatic rings. The molecular weight excluding hydrogens is 1220 g/mol. The molecule has 8 N–H and O–H groups in total. The number of hydrogen-bond acceptors (Lipinski definition) is 26. The minimum Gasteiger partial charge on any atom is -0.462 e. The highest BCUT2D eigenvalue weighted by atomic mass is 35.5. The average molecular weight is 1290 g/mol. The molecule has 9 heterocycles. The lowest BCUT2D eigenvalue weighted by Gasteiger charge is -2.30. The van der Waals surface area contributed by atoms with Gasteiger partial charge >= 0.3 is 13.7 Å². The van der Waals surface area contributed by atoms with Gasteiger partial charge in [0.2, 0.25) is 16.5 Å². The van der Waals surface area contributed by atoms with Crippen molar-refractivity contribution >= 4 is 93.8 Å². The molecule has 0 saturated carbocycles. The average Bonchev–Trinajstić information content (AvgIpc) is 1.66. The van der Waals surface area contributed by atoms with Gasteiger partial charge in [-0.25, -0.2) is 32.7 Å². The summed E-state index contributed by atoms with van der Waals surface area (Å²) in [6.07, 6.45) is -10.2. The van der Waals surface area contributed by atoms with Gasteiger partial charge in [0.15, 0.2) is 88.1 Å². The van der Waals surface area contributed by atoms with Gasteiger partial charge in [-0.2, -0.15) is 35.0 Å². The molecule has 3 fully saturated rings. The second kappa shape index (κ2) is 25.9. The normalized spacial score (nSPS) is 28.1. The Bertz CT molecular complexity index is 3500. The van der Waals surface area contributed by atoms with E-state index in [2.05, 4.69) is 49.9 Å². The first-order chi connectivity index (χ1) is 40.8. The van der Waals surface area contributed by atoms with Crippen molar-refractivity contribution in [1.82, 2.24) is 63.6 Å². The quantitative estimate of drug-likeness (QED) is 0.0389. The monoisotopic (exact) mass is 1290 g/mol. The number of aliphatic hydroxyl groups excluding tert-OH is 5. The third-order valence-corrected chi connectivity index (χ3v) is 16.2. The van der Waals surface area contributed by atoms with E-state index in [1.165, 1.54) is 60.4 Å². The van der Waals surface area contributed by atoms with Crippen molar-refractivity contribution in [3.05, 3.63) is 59.9 Å². The standard InChI is InChI=1S/C25H33ClFN6O7P.C13H17ClFN5O3.C13H19FN6O3/c1-14(2)38-23(35)15(3)31-41(36,40-16-10-8-7-9-11-16)37-12-25(4)19(34)17(27)22(39-25)33-13-28-18-20(32(5)6)29-24(26)30-21(18)33;1-13(4-21)8(22)6(15)11(23-13)20-5-16-7-9(19(2)3)17-12(14)18-10(7)20;1-13(4-21)8(22)6(14)11(23-13)20-5-16-7-9(19(2)3)17-12(15)18-10(7)20/h7-11,13-15,17,19,22,34H,12H2,1-6H3,(H,31,36);5-6,8,11,21-22H,4H2,1-3H3;5-6,8,11,21-22H,4H2,1-3H3,(H2,15,17,18)/t15-,17+,19-,22+,25+,41-;2*6-,8+,11-,13-/m011/s1. The largest absolute Gasteiger partial charge is 0.462 e. The molecule has 0 amide bonds. The molecule has 0 unspecified atom stereocenters. The number of alkyl halides is 3. The van der Waals surface area contributed by atoms with Crippen LogP contribution in [0.2, 0.25) is 10.6 Å². The van der Waals surface area contributed by atoms with Gasteiger partial charge in [-0.15, -0.1) is 0 Å². The number of para-hydroxylation sites is 1. The molecule has 1 aromatic carbocycles. The molecule has 476 valence electrons. The molecule has 7 aromatic rings. The predicted octanol–water partition coefficient (Wildman–Crippen LogP) is 3.64. The van der Waals surface area contributed by atoms with Crippen LogP contribution >= 0.6 is 30.9 Å². The number of ether oxygens (including phenoxy) is 4. The number of rotatable bonds is 17. The molecule has 6 aromatic heterocycles. The van der Waals surface area contributed by atoms with Gasteiger partial charge in [-0.3, -0.25) is 23.0 Å². The van der Waals surface area contributed by atoms with Gasteiger partial charge in [-0.1, -0.05) is 18.2 Å². The van der Waals surface area contributed by atoms with E-state index in [0.29, 0.717) is 39.7 Å². The third kappa shape index (κ3) is 13.5. The van der Waals surface area contributed by atoms with E-state index in [4.69, 9.17) is 56.9 Å². The minimum absolute atomic E-state index is 0.0122. The van der Waals surface area contributed by atoms with Crippen molar-refractivity contribution in [3.8, 4) is 5.75 Å². The lowest BCUT2D eigenvalue weighted by molar-refractivity contribution is -0.149.